The second-order valence-corrected chi connectivity index (χ2v) is 15.5. The molecule has 2 atom stereocenters. The zero-order valence-electron chi connectivity index (χ0n) is 28.7. The summed E-state index contributed by atoms with van der Waals surface area (Å²) in [7, 11) is 0. The fourth-order valence-electron chi connectivity index (χ4n) is 12.7. The van der Waals surface area contributed by atoms with E-state index in [-0.39, 0.29) is 10.8 Å². The topological polar surface area (TPSA) is 9.86 Å². The molecule has 8 aromatic carbocycles. The summed E-state index contributed by atoms with van der Waals surface area (Å²) < 4.78 is 5.03. The zero-order valence-corrected chi connectivity index (χ0v) is 28.7. The lowest BCUT2D eigenvalue weighted by atomic mass is 9.65. The molecule has 0 aliphatic heterocycles. The van der Waals surface area contributed by atoms with E-state index in [1.807, 2.05) is 0 Å². The van der Waals surface area contributed by atoms with Crippen LogP contribution in [0.1, 0.15) is 33.4 Å². The molecule has 1 saturated carbocycles. The van der Waals surface area contributed by atoms with Crippen LogP contribution < -0.4 is 0 Å². The average Bonchev–Trinajstić information content (AvgIpc) is 3.49. The minimum Gasteiger partial charge on any atom is -0.309 e. The number of benzene rings is 8. The lowest BCUT2D eigenvalue weighted by Crippen LogP contribution is -2.30. The number of para-hydroxylation sites is 2. The zero-order chi connectivity index (χ0) is 34.3. The third-order valence-corrected chi connectivity index (χ3v) is 13.9. The van der Waals surface area contributed by atoms with Crippen molar-refractivity contribution in [1.29, 1.82) is 0 Å². The van der Waals surface area contributed by atoms with Gasteiger partial charge in [-0.15, -0.1) is 0 Å². The van der Waals surface area contributed by atoms with Crippen molar-refractivity contribution in [3.8, 4) is 22.5 Å². The molecule has 53 heavy (non-hydrogen) atoms. The molecule has 0 N–H and O–H groups in total. The summed E-state index contributed by atoms with van der Waals surface area (Å²) in [6, 6.07) is 69.4. The van der Waals surface area contributed by atoms with E-state index in [4.69, 9.17) is 0 Å². The Morgan fingerprint density at radius 1 is 0.245 bits per heavy atom. The van der Waals surface area contributed by atoms with E-state index in [1.54, 1.807) is 0 Å². The van der Waals surface area contributed by atoms with E-state index in [2.05, 4.69) is 191 Å². The Balaban J connectivity index is 1.29. The molecule has 2 heteroatoms. The van der Waals surface area contributed by atoms with Crippen molar-refractivity contribution in [3.05, 3.63) is 215 Å². The third kappa shape index (κ3) is 2.51. The third-order valence-electron chi connectivity index (χ3n) is 13.9. The fourth-order valence-corrected chi connectivity index (χ4v) is 12.7. The maximum Gasteiger partial charge on any atom is 0.0544 e. The minimum absolute atomic E-state index is 0.388. The SMILES string of the molecule is c1ccc(-n2c3cccc4c3c3c(cccc32)C23c5cccc6c5c5c(cccc5n6-c5ccccc5)C25c2ccccc2-c2ccccc2C453)cc1. The van der Waals surface area contributed by atoms with Crippen LogP contribution in [0.3, 0.4) is 0 Å². The number of aromatic nitrogens is 2. The van der Waals surface area contributed by atoms with Gasteiger partial charge in [-0.25, -0.2) is 0 Å². The maximum absolute atomic E-state index is 2.52. The van der Waals surface area contributed by atoms with Crippen LogP contribution in [0, 0.1) is 0 Å². The van der Waals surface area contributed by atoms with Gasteiger partial charge < -0.3 is 9.13 Å². The van der Waals surface area contributed by atoms with Crippen LogP contribution in [0.25, 0.3) is 66.1 Å². The van der Waals surface area contributed by atoms with Gasteiger partial charge in [0.15, 0.2) is 0 Å². The van der Waals surface area contributed by atoms with Crippen LogP contribution in [-0.4, -0.2) is 9.13 Å². The molecule has 4 aliphatic carbocycles. The van der Waals surface area contributed by atoms with Crippen molar-refractivity contribution in [2.24, 2.45) is 0 Å². The van der Waals surface area contributed by atoms with Crippen molar-refractivity contribution in [2.75, 3.05) is 0 Å². The van der Waals surface area contributed by atoms with E-state index in [0.717, 1.165) is 0 Å². The first-order chi connectivity index (χ1) is 26.3. The predicted molar refractivity (Wildman–Crippen MR) is 216 cm³/mol. The molecule has 244 valence electrons. The molecule has 0 radical (unpaired) electrons. The minimum atomic E-state index is -0.407. The summed E-state index contributed by atoms with van der Waals surface area (Å²) in [6.07, 6.45) is 0. The van der Waals surface area contributed by atoms with Crippen molar-refractivity contribution >= 4 is 43.6 Å². The maximum atomic E-state index is 2.52. The van der Waals surface area contributed by atoms with E-state index >= 15 is 0 Å². The number of rotatable bonds is 2. The summed E-state index contributed by atoms with van der Waals surface area (Å²) in [5.41, 5.74) is 17.7. The van der Waals surface area contributed by atoms with E-state index in [0.29, 0.717) is 0 Å². The van der Waals surface area contributed by atoms with E-state index < -0.39 is 5.41 Å². The highest BCUT2D eigenvalue weighted by Gasteiger charge is 2.93. The lowest BCUT2D eigenvalue weighted by Gasteiger charge is -2.36. The molecule has 1 fully saturated rings. The number of nitrogens with zero attached hydrogens (tertiary/aromatic N) is 2. The number of hydrogen-bond donors (Lipinski definition) is 0. The standard InChI is InChI=1S/C51H30N2/c1-3-15-31(16-4-1)52-41-27-11-23-37-45(41)47-39(25-13-29-43(47)52)51-40-26-14-30-44-48(40)46-38(24-12-28-42(46)53(44)32-17-5-2-6-18-32)50(51)36-22-10-8-20-34(36)33-19-7-9-21-35(33)49(37,50)51/h1-30H. The fraction of sp³-hybridized carbons (Fsp3) is 0.0588. The molecule has 4 aliphatic rings. The Labute approximate surface area is 305 Å². The Hall–Kier alpha value is -6.64. The van der Waals surface area contributed by atoms with Crippen LogP contribution in [0.2, 0.25) is 0 Å². The summed E-state index contributed by atoms with van der Waals surface area (Å²) in [5, 5.41) is 5.58. The second kappa shape index (κ2) is 8.69. The van der Waals surface area contributed by atoms with Crippen molar-refractivity contribution in [1.82, 2.24) is 9.13 Å². The Morgan fingerprint density at radius 3 is 0.887 bits per heavy atom. The Kier molecular flexibility index (Phi) is 4.44. The van der Waals surface area contributed by atoms with Gasteiger partial charge in [0, 0.05) is 32.9 Å². The monoisotopic (exact) mass is 670 g/mol. The van der Waals surface area contributed by atoms with Crippen LogP contribution in [0.5, 0.6) is 0 Å². The number of fused-ring (bicyclic) bond motifs is 3. The molecule has 2 nitrogen and oxygen atoms in total. The molecule has 14 rings (SSSR count). The van der Waals surface area contributed by atoms with Gasteiger partial charge in [0.2, 0.25) is 0 Å². The quantitative estimate of drug-likeness (QED) is 0.173. The van der Waals surface area contributed by atoms with Gasteiger partial charge in [-0.05, 0) is 93.0 Å². The highest BCUT2D eigenvalue weighted by molar-refractivity contribution is 6.23. The first-order valence-corrected chi connectivity index (χ1v) is 18.8. The first kappa shape index (κ1) is 27.1. The Morgan fingerprint density at radius 2 is 0.528 bits per heavy atom. The highest BCUT2D eigenvalue weighted by Crippen LogP contribution is 2.92. The summed E-state index contributed by atoms with van der Waals surface area (Å²) in [6.45, 7) is 0. The molecule has 10 aromatic rings. The molecular weight excluding hydrogens is 641 g/mol. The summed E-state index contributed by atoms with van der Waals surface area (Å²) in [4.78, 5) is 0. The molecule has 2 unspecified atom stereocenters. The average molecular weight is 671 g/mol. The normalized spacial score (nSPS) is 22.2. The summed E-state index contributed by atoms with van der Waals surface area (Å²) >= 11 is 0. The first-order valence-electron chi connectivity index (χ1n) is 18.8. The van der Waals surface area contributed by atoms with Crippen molar-refractivity contribution in [2.45, 2.75) is 16.2 Å². The van der Waals surface area contributed by atoms with Gasteiger partial charge in [-0.2, -0.15) is 0 Å². The van der Waals surface area contributed by atoms with Gasteiger partial charge in [-0.3, -0.25) is 0 Å². The molecular formula is C51H30N2. The number of hydrogen-bond acceptors (Lipinski definition) is 0. The molecule has 0 bridgehead atoms. The Bertz CT molecular complexity index is 3070. The largest absolute Gasteiger partial charge is 0.309 e. The second-order valence-electron chi connectivity index (χ2n) is 15.5. The van der Waals surface area contributed by atoms with Gasteiger partial charge in [0.25, 0.3) is 0 Å². The lowest BCUT2D eigenvalue weighted by molar-refractivity contribution is 0.691. The smallest absolute Gasteiger partial charge is 0.0544 e. The van der Waals surface area contributed by atoms with Crippen LogP contribution in [0.4, 0.5) is 0 Å². The highest BCUT2D eigenvalue weighted by atomic mass is 15.0. The van der Waals surface area contributed by atoms with Crippen molar-refractivity contribution < 1.29 is 0 Å². The predicted octanol–water partition coefficient (Wildman–Crippen LogP) is 11.8. The van der Waals surface area contributed by atoms with E-state index in [9.17, 15) is 0 Å². The van der Waals surface area contributed by atoms with Gasteiger partial charge in [0.05, 0.1) is 38.3 Å². The van der Waals surface area contributed by atoms with Gasteiger partial charge >= 0.3 is 0 Å². The van der Waals surface area contributed by atoms with Crippen molar-refractivity contribution in [3.63, 3.8) is 0 Å². The van der Waals surface area contributed by atoms with Gasteiger partial charge in [0.1, 0.15) is 0 Å². The summed E-state index contributed by atoms with van der Waals surface area (Å²) in [5.74, 6) is 0. The molecule has 2 aromatic heterocycles. The van der Waals surface area contributed by atoms with Crippen LogP contribution in [-0.2, 0) is 16.2 Å². The van der Waals surface area contributed by atoms with Crippen LogP contribution >= 0.6 is 0 Å². The van der Waals surface area contributed by atoms with Gasteiger partial charge in [-0.1, -0.05) is 133 Å². The molecule has 3 spiro atoms. The molecule has 0 saturated heterocycles. The molecule has 0 amide bonds. The van der Waals surface area contributed by atoms with Crippen LogP contribution in [0.15, 0.2) is 182 Å². The van der Waals surface area contributed by atoms with E-state index in [1.165, 1.54) is 99.5 Å². The molecule has 2 heterocycles.